The van der Waals surface area contributed by atoms with E-state index < -0.39 is 6.04 Å². The first-order valence-corrected chi connectivity index (χ1v) is 12.6. The van der Waals surface area contributed by atoms with E-state index in [1.807, 2.05) is 24.3 Å². The number of hydrogen-bond acceptors (Lipinski definition) is 4. The summed E-state index contributed by atoms with van der Waals surface area (Å²) in [6.07, 6.45) is 5.30. The number of nitrogens with one attached hydrogen (secondary N) is 3. The molecule has 4 rings (SSSR count). The summed E-state index contributed by atoms with van der Waals surface area (Å²) in [6, 6.07) is 21.6. The van der Waals surface area contributed by atoms with E-state index in [0.717, 1.165) is 31.6 Å². The summed E-state index contributed by atoms with van der Waals surface area (Å²) >= 11 is 0. The first-order chi connectivity index (χ1) is 17.2. The van der Waals surface area contributed by atoms with Crippen LogP contribution in [0.2, 0.25) is 0 Å². The fourth-order valence-electron chi connectivity index (χ4n) is 4.65. The summed E-state index contributed by atoms with van der Waals surface area (Å²) in [4.78, 5) is 28.2. The Morgan fingerprint density at radius 3 is 2.49 bits per heavy atom. The minimum absolute atomic E-state index is 0.178. The maximum absolute atomic E-state index is 12.9. The average molecular weight is 474 g/mol. The number of rotatable bonds is 13. The molecule has 35 heavy (non-hydrogen) atoms. The lowest BCUT2D eigenvalue weighted by Crippen LogP contribution is -2.46. The molecule has 2 aromatic carbocycles. The zero-order chi connectivity index (χ0) is 24.5. The van der Waals surface area contributed by atoms with Crippen LogP contribution in [0.3, 0.4) is 0 Å². The highest BCUT2D eigenvalue weighted by molar-refractivity contribution is 5.97. The second kappa shape index (κ2) is 12.3. The Hall–Kier alpha value is -3.45. The number of likely N-dealkylation sites (N-methyl/N-ethyl adjacent to an activating group) is 1. The van der Waals surface area contributed by atoms with Gasteiger partial charge in [-0.1, -0.05) is 55.5 Å². The molecule has 7 heteroatoms. The number of aromatic nitrogens is 2. The van der Waals surface area contributed by atoms with E-state index in [1.165, 1.54) is 12.0 Å². The molecule has 2 amide bonds. The summed E-state index contributed by atoms with van der Waals surface area (Å²) in [7, 11) is 0. The lowest BCUT2D eigenvalue weighted by Gasteiger charge is -2.22. The van der Waals surface area contributed by atoms with Gasteiger partial charge in [-0.25, -0.2) is 0 Å². The van der Waals surface area contributed by atoms with Gasteiger partial charge in [-0.15, -0.1) is 0 Å². The molecular formula is C28H35N5O2. The van der Waals surface area contributed by atoms with Crippen LogP contribution in [0, 0.1) is 0 Å². The monoisotopic (exact) mass is 473 g/mol. The zero-order valence-electron chi connectivity index (χ0n) is 20.3. The Morgan fingerprint density at radius 2 is 1.80 bits per heavy atom. The van der Waals surface area contributed by atoms with Crippen LogP contribution in [0.25, 0.3) is 0 Å². The standard InChI is InChI=1S/C28H35N5O2/c1-2-33(26-19-24(26)21-11-5-3-6-12-21)18-10-9-15-25(28(35)29-20-23-16-17-30-32-23)31-27(34)22-13-7-4-8-14-22/h3-8,11-14,16-17,24-26H,2,9-10,15,18-20H2,1H3,(H,29,35)(H,30,32)(H,31,34). The van der Waals surface area contributed by atoms with Crippen molar-refractivity contribution in [2.45, 2.75) is 57.2 Å². The minimum atomic E-state index is -0.585. The highest BCUT2D eigenvalue weighted by Gasteiger charge is 2.41. The van der Waals surface area contributed by atoms with E-state index in [0.29, 0.717) is 30.5 Å². The van der Waals surface area contributed by atoms with E-state index in [9.17, 15) is 9.59 Å². The normalized spacial score (nSPS) is 17.7. The van der Waals surface area contributed by atoms with Gasteiger partial charge >= 0.3 is 0 Å². The van der Waals surface area contributed by atoms with Crippen LogP contribution in [0.15, 0.2) is 72.9 Å². The molecule has 7 nitrogen and oxygen atoms in total. The van der Waals surface area contributed by atoms with E-state index in [1.54, 1.807) is 18.3 Å². The van der Waals surface area contributed by atoms with Crippen LogP contribution in [-0.2, 0) is 11.3 Å². The molecule has 3 aromatic rings. The predicted octanol–water partition coefficient (Wildman–Crippen LogP) is 3.87. The van der Waals surface area contributed by atoms with Crippen molar-refractivity contribution in [1.29, 1.82) is 0 Å². The lowest BCUT2D eigenvalue weighted by molar-refractivity contribution is -0.123. The van der Waals surface area contributed by atoms with Gasteiger partial charge in [0.05, 0.1) is 12.2 Å². The van der Waals surface area contributed by atoms with Crippen LogP contribution >= 0.6 is 0 Å². The van der Waals surface area contributed by atoms with Crippen molar-refractivity contribution in [3.8, 4) is 0 Å². The van der Waals surface area contributed by atoms with Gasteiger partial charge in [0.15, 0.2) is 0 Å². The van der Waals surface area contributed by atoms with Crippen LogP contribution in [0.4, 0.5) is 0 Å². The predicted molar refractivity (Wildman–Crippen MR) is 137 cm³/mol. The minimum Gasteiger partial charge on any atom is -0.349 e. The first-order valence-electron chi connectivity index (χ1n) is 12.6. The molecule has 184 valence electrons. The molecule has 1 fully saturated rings. The summed E-state index contributed by atoms with van der Waals surface area (Å²) in [5.41, 5.74) is 2.80. The maximum atomic E-state index is 12.9. The number of amides is 2. The van der Waals surface area contributed by atoms with Gasteiger partial charge in [0.1, 0.15) is 6.04 Å². The maximum Gasteiger partial charge on any atom is 0.251 e. The highest BCUT2D eigenvalue weighted by atomic mass is 16.2. The fraction of sp³-hybridized carbons (Fsp3) is 0.393. The molecule has 3 N–H and O–H groups in total. The van der Waals surface area contributed by atoms with Crippen molar-refractivity contribution in [1.82, 2.24) is 25.7 Å². The molecule has 0 spiro atoms. The number of hydrogen-bond donors (Lipinski definition) is 3. The third kappa shape index (κ3) is 7.02. The average Bonchev–Trinajstić information content (AvgIpc) is 3.52. The highest BCUT2D eigenvalue weighted by Crippen LogP contribution is 2.44. The third-order valence-electron chi connectivity index (χ3n) is 6.72. The molecule has 0 aliphatic heterocycles. The van der Waals surface area contributed by atoms with Gasteiger partial charge in [-0.3, -0.25) is 14.7 Å². The molecule has 0 saturated heterocycles. The fourth-order valence-corrected chi connectivity index (χ4v) is 4.65. The molecule has 1 heterocycles. The van der Waals surface area contributed by atoms with Crippen molar-refractivity contribution < 1.29 is 9.59 Å². The van der Waals surface area contributed by atoms with Crippen molar-refractivity contribution in [2.75, 3.05) is 13.1 Å². The Bertz CT molecular complexity index is 1060. The van der Waals surface area contributed by atoms with E-state index in [4.69, 9.17) is 0 Å². The van der Waals surface area contributed by atoms with Gasteiger partial charge in [0.2, 0.25) is 5.91 Å². The largest absolute Gasteiger partial charge is 0.349 e. The Balaban J connectivity index is 1.28. The van der Waals surface area contributed by atoms with Gasteiger partial charge in [0.25, 0.3) is 5.91 Å². The molecule has 1 saturated carbocycles. The van der Waals surface area contributed by atoms with Crippen LogP contribution in [0.1, 0.15) is 60.1 Å². The Labute approximate surface area is 207 Å². The van der Waals surface area contributed by atoms with Crippen molar-refractivity contribution in [3.63, 3.8) is 0 Å². The topological polar surface area (TPSA) is 90.1 Å². The smallest absolute Gasteiger partial charge is 0.251 e. The molecule has 3 unspecified atom stereocenters. The number of aromatic amines is 1. The third-order valence-corrected chi connectivity index (χ3v) is 6.72. The zero-order valence-corrected chi connectivity index (χ0v) is 20.3. The molecule has 3 atom stereocenters. The molecule has 0 bridgehead atoms. The number of carbonyl (C=O) groups excluding carboxylic acids is 2. The number of nitrogens with zero attached hydrogens (tertiary/aromatic N) is 2. The summed E-state index contributed by atoms with van der Waals surface area (Å²) in [5, 5.41) is 12.6. The second-order valence-corrected chi connectivity index (χ2v) is 9.14. The molecule has 1 aromatic heterocycles. The number of carbonyl (C=O) groups is 2. The molecule has 1 aliphatic rings. The van der Waals surface area contributed by atoms with Crippen LogP contribution in [0.5, 0.6) is 0 Å². The Morgan fingerprint density at radius 1 is 1.06 bits per heavy atom. The molecular weight excluding hydrogens is 438 g/mol. The quantitative estimate of drug-likeness (QED) is 0.329. The number of unbranched alkanes of at least 4 members (excludes halogenated alkanes) is 1. The van der Waals surface area contributed by atoms with Crippen molar-refractivity contribution in [2.24, 2.45) is 0 Å². The van der Waals surface area contributed by atoms with Gasteiger partial charge in [-0.05, 0) is 62.5 Å². The van der Waals surface area contributed by atoms with Crippen LogP contribution < -0.4 is 10.6 Å². The number of benzene rings is 2. The second-order valence-electron chi connectivity index (χ2n) is 9.14. The molecule has 0 radical (unpaired) electrons. The summed E-state index contributed by atoms with van der Waals surface area (Å²) in [6.45, 7) is 4.58. The van der Waals surface area contributed by atoms with Crippen LogP contribution in [-0.4, -0.2) is 52.1 Å². The summed E-state index contributed by atoms with van der Waals surface area (Å²) < 4.78 is 0. The van der Waals surface area contributed by atoms with E-state index in [2.05, 4.69) is 63.0 Å². The summed E-state index contributed by atoms with van der Waals surface area (Å²) in [5.74, 6) is 0.219. The number of H-pyrrole nitrogens is 1. The van der Waals surface area contributed by atoms with Gasteiger partial charge in [0, 0.05) is 23.7 Å². The van der Waals surface area contributed by atoms with Gasteiger partial charge in [-0.2, -0.15) is 5.10 Å². The van der Waals surface area contributed by atoms with Crippen molar-refractivity contribution in [3.05, 3.63) is 89.7 Å². The van der Waals surface area contributed by atoms with Gasteiger partial charge < -0.3 is 15.5 Å². The lowest BCUT2D eigenvalue weighted by atomic mass is 10.1. The Kier molecular flexibility index (Phi) is 8.68. The first kappa shape index (κ1) is 24.7. The van der Waals surface area contributed by atoms with E-state index >= 15 is 0 Å². The SMILES string of the molecule is CCN(CCCCC(NC(=O)c1ccccc1)C(=O)NCc1ccn[nH]1)C1CC1c1ccccc1. The van der Waals surface area contributed by atoms with Crippen molar-refractivity contribution >= 4 is 11.8 Å². The molecule has 1 aliphatic carbocycles. The van der Waals surface area contributed by atoms with E-state index in [-0.39, 0.29) is 11.8 Å².